The fraction of sp³-hybridized carbons (Fsp3) is 0.333. The summed E-state index contributed by atoms with van der Waals surface area (Å²) in [4.78, 5) is 15.3. The maximum absolute atomic E-state index is 11.1. The van der Waals surface area contributed by atoms with E-state index in [1.807, 2.05) is 36.4 Å². The van der Waals surface area contributed by atoms with Gasteiger partial charge in [-0.25, -0.2) is 0 Å². The standard InChI is InChI=1S/C21H26N4O3/c1-15(26)25-17-7-5-8-18(13-17)27-11-10-23-21(22-2)24-14-19-12-16-6-3-4-9-20(16)28-19/h3-9,13,19H,10-12,14H2,1-2H3,(H,25,26)(H2,22,23,24). The highest BCUT2D eigenvalue weighted by atomic mass is 16.5. The number of nitrogens with zero attached hydrogens (tertiary/aromatic N) is 1. The van der Waals surface area contributed by atoms with Gasteiger partial charge in [-0.1, -0.05) is 24.3 Å². The molecule has 0 fully saturated rings. The molecule has 2 aromatic rings. The third kappa shape index (κ3) is 5.64. The predicted octanol–water partition coefficient (Wildman–Crippen LogP) is 2.19. The van der Waals surface area contributed by atoms with Crippen molar-refractivity contribution >= 4 is 17.6 Å². The zero-order chi connectivity index (χ0) is 19.8. The lowest BCUT2D eigenvalue weighted by molar-refractivity contribution is -0.114. The van der Waals surface area contributed by atoms with E-state index in [0.29, 0.717) is 37.1 Å². The van der Waals surface area contributed by atoms with Crippen LogP contribution >= 0.6 is 0 Å². The van der Waals surface area contributed by atoms with Crippen molar-refractivity contribution in [1.82, 2.24) is 10.6 Å². The molecule has 1 amide bonds. The Hall–Kier alpha value is -3.22. The maximum Gasteiger partial charge on any atom is 0.221 e. The number of ether oxygens (including phenoxy) is 2. The number of hydrogen-bond acceptors (Lipinski definition) is 4. The highest BCUT2D eigenvalue weighted by Crippen LogP contribution is 2.27. The Labute approximate surface area is 165 Å². The Morgan fingerprint density at radius 2 is 2.07 bits per heavy atom. The lowest BCUT2D eigenvalue weighted by atomic mass is 10.1. The summed E-state index contributed by atoms with van der Waals surface area (Å²) in [5, 5.41) is 9.24. The lowest BCUT2D eigenvalue weighted by Gasteiger charge is -2.16. The molecule has 3 rings (SSSR count). The van der Waals surface area contributed by atoms with Gasteiger partial charge in [0.05, 0.1) is 13.1 Å². The molecule has 1 aliphatic heterocycles. The molecule has 0 bridgehead atoms. The SMILES string of the molecule is CN=C(NCCOc1cccc(NC(C)=O)c1)NCC1Cc2ccccc2O1. The Bertz CT molecular complexity index is 813. The van der Waals surface area contributed by atoms with Crippen LogP contribution in [0, 0.1) is 0 Å². The molecule has 0 spiro atoms. The van der Waals surface area contributed by atoms with Crippen molar-refractivity contribution in [1.29, 1.82) is 0 Å². The van der Waals surface area contributed by atoms with Crippen LogP contribution in [0.2, 0.25) is 0 Å². The summed E-state index contributed by atoms with van der Waals surface area (Å²) >= 11 is 0. The molecular weight excluding hydrogens is 356 g/mol. The van der Waals surface area contributed by atoms with Crippen molar-refractivity contribution in [3.05, 3.63) is 54.1 Å². The average molecular weight is 382 g/mol. The van der Waals surface area contributed by atoms with Gasteiger partial charge in [0.15, 0.2) is 5.96 Å². The molecule has 1 unspecified atom stereocenters. The second-order valence-corrected chi connectivity index (χ2v) is 6.49. The summed E-state index contributed by atoms with van der Waals surface area (Å²) in [6.45, 7) is 3.21. The fourth-order valence-electron chi connectivity index (χ4n) is 3.00. The molecule has 7 nitrogen and oxygen atoms in total. The normalized spacial score (nSPS) is 15.4. The minimum atomic E-state index is -0.108. The number of rotatable bonds is 7. The van der Waals surface area contributed by atoms with E-state index in [1.165, 1.54) is 12.5 Å². The molecule has 148 valence electrons. The molecule has 1 aliphatic rings. The minimum Gasteiger partial charge on any atom is -0.492 e. The third-order valence-electron chi connectivity index (χ3n) is 4.25. The monoisotopic (exact) mass is 382 g/mol. The minimum absolute atomic E-state index is 0.101. The molecular formula is C21H26N4O3. The van der Waals surface area contributed by atoms with Crippen LogP contribution in [0.25, 0.3) is 0 Å². The third-order valence-corrected chi connectivity index (χ3v) is 4.25. The largest absolute Gasteiger partial charge is 0.492 e. The van der Waals surface area contributed by atoms with Gasteiger partial charge in [-0.2, -0.15) is 0 Å². The number of carbonyl (C=O) groups excluding carboxylic acids is 1. The van der Waals surface area contributed by atoms with Crippen molar-refractivity contribution in [3.8, 4) is 11.5 Å². The van der Waals surface area contributed by atoms with Gasteiger partial charge in [-0.05, 0) is 23.8 Å². The topological polar surface area (TPSA) is 84.0 Å². The van der Waals surface area contributed by atoms with Crippen molar-refractivity contribution < 1.29 is 14.3 Å². The predicted molar refractivity (Wildman–Crippen MR) is 110 cm³/mol. The van der Waals surface area contributed by atoms with Gasteiger partial charge < -0.3 is 25.4 Å². The van der Waals surface area contributed by atoms with Gasteiger partial charge in [-0.15, -0.1) is 0 Å². The van der Waals surface area contributed by atoms with Gasteiger partial charge in [0, 0.05) is 32.1 Å². The van der Waals surface area contributed by atoms with Crippen LogP contribution in [0.1, 0.15) is 12.5 Å². The van der Waals surface area contributed by atoms with E-state index >= 15 is 0 Å². The smallest absolute Gasteiger partial charge is 0.221 e. The zero-order valence-corrected chi connectivity index (χ0v) is 16.2. The van der Waals surface area contributed by atoms with Crippen molar-refractivity contribution in [2.45, 2.75) is 19.4 Å². The highest BCUT2D eigenvalue weighted by molar-refractivity contribution is 5.88. The van der Waals surface area contributed by atoms with E-state index in [9.17, 15) is 4.79 Å². The van der Waals surface area contributed by atoms with Gasteiger partial charge in [-0.3, -0.25) is 9.79 Å². The number of anilines is 1. The first-order valence-corrected chi connectivity index (χ1v) is 9.33. The number of carbonyl (C=O) groups is 1. The fourth-order valence-corrected chi connectivity index (χ4v) is 3.00. The second-order valence-electron chi connectivity index (χ2n) is 6.49. The summed E-state index contributed by atoms with van der Waals surface area (Å²) in [5.74, 6) is 2.26. The van der Waals surface area contributed by atoms with Crippen LogP contribution in [0.3, 0.4) is 0 Å². The summed E-state index contributed by atoms with van der Waals surface area (Å²) in [6.07, 6.45) is 0.997. The van der Waals surface area contributed by atoms with Crippen LogP contribution < -0.4 is 25.4 Å². The highest BCUT2D eigenvalue weighted by Gasteiger charge is 2.22. The van der Waals surface area contributed by atoms with Gasteiger partial charge in [0.2, 0.25) is 5.91 Å². The Balaban J connectivity index is 1.36. The molecule has 1 atom stereocenters. The van der Waals surface area contributed by atoms with E-state index in [1.54, 1.807) is 13.1 Å². The van der Waals surface area contributed by atoms with Crippen LogP contribution in [-0.2, 0) is 11.2 Å². The van der Waals surface area contributed by atoms with E-state index < -0.39 is 0 Å². The first kappa shape index (κ1) is 19.5. The summed E-state index contributed by atoms with van der Waals surface area (Å²) in [6, 6.07) is 15.4. The Morgan fingerprint density at radius 3 is 2.86 bits per heavy atom. The molecule has 0 aromatic heterocycles. The molecule has 7 heteroatoms. The number of nitrogens with one attached hydrogen (secondary N) is 3. The number of fused-ring (bicyclic) bond motifs is 1. The molecule has 28 heavy (non-hydrogen) atoms. The van der Waals surface area contributed by atoms with E-state index in [-0.39, 0.29) is 12.0 Å². The molecule has 2 aromatic carbocycles. The van der Waals surface area contributed by atoms with Crippen molar-refractivity contribution in [2.24, 2.45) is 4.99 Å². The van der Waals surface area contributed by atoms with Gasteiger partial charge in [0.25, 0.3) is 0 Å². The van der Waals surface area contributed by atoms with E-state index in [0.717, 1.165) is 12.2 Å². The first-order valence-electron chi connectivity index (χ1n) is 9.33. The number of guanidine groups is 1. The van der Waals surface area contributed by atoms with Gasteiger partial charge >= 0.3 is 0 Å². The van der Waals surface area contributed by atoms with Crippen LogP contribution in [0.5, 0.6) is 11.5 Å². The Kier molecular flexibility index (Phi) is 6.73. The molecule has 3 N–H and O–H groups in total. The first-order chi connectivity index (χ1) is 13.6. The van der Waals surface area contributed by atoms with Crippen molar-refractivity contribution in [3.63, 3.8) is 0 Å². The van der Waals surface area contributed by atoms with Gasteiger partial charge in [0.1, 0.15) is 24.2 Å². The number of benzene rings is 2. The molecule has 1 heterocycles. The van der Waals surface area contributed by atoms with Crippen LogP contribution in [-0.4, -0.2) is 44.7 Å². The molecule has 0 saturated carbocycles. The Morgan fingerprint density at radius 1 is 1.21 bits per heavy atom. The summed E-state index contributed by atoms with van der Waals surface area (Å²) in [5.41, 5.74) is 1.96. The van der Waals surface area contributed by atoms with Crippen molar-refractivity contribution in [2.75, 3.05) is 32.1 Å². The number of para-hydroxylation sites is 1. The average Bonchev–Trinajstić information content (AvgIpc) is 3.10. The quantitative estimate of drug-likeness (QED) is 0.388. The molecule has 0 radical (unpaired) electrons. The number of aliphatic imine (C=N–C) groups is 1. The summed E-state index contributed by atoms with van der Waals surface area (Å²) in [7, 11) is 1.73. The van der Waals surface area contributed by atoms with E-state index in [4.69, 9.17) is 9.47 Å². The molecule has 0 saturated heterocycles. The number of amides is 1. The number of hydrogen-bond donors (Lipinski definition) is 3. The zero-order valence-electron chi connectivity index (χ0n) is 16.2. The summed E-state index contributed by atoms with van der Waals surface area (Å²) < 4.78 is 11.6. The van der Waals surface area contributed by atoms with E-state index in [2.05, 4.69) is 27.0 Å². The second kappa shape index (κ2) is 9.64. The van der Waals surface area contributed by atoms with Crippen LogP contribution in [0.15, 0.2) is 53.5 Å². The van der Waals surface area contributed by atoms with Crippen LogP contribution in [0.4, 0.5) is 5.69 Å². The lowest BCUT2D eigenvalue weighted by Crippen LogP contribution is -2.43. The molecule has 0 aliphatic carbocycles. The maximum atomic E-state index is 11.1.